The molecule has 0 aromatic heterocycles. The summed E-state index contributed by atoms with van der Waals surface area (Å²) in [4.78, 5) is 26.6. The topological polar surface area (TPSA) is 70.7 Å². The second kappa shape index (κ2) is 8.78. The van der Waals surface area contributed by atoms with Crippen molar-refractivity contribution in [1.29, 1.82) is 0 Å². The van der Waals surface area contributed by atoms with Gasteiger partial charge in [0, 0.05) is 32.1 Å². The summed E-state index contributed by atoms with van der Waals surface area (Å²) >= 11 is 0. The fourth-order valence-corrected chi connectivity index (χ4v) is 3.83. The molecule has 0 radical (unpaired) electrons. The van der Waals surface area contributed by atoms with Crippen molar-refractivity contribution in [2.24, 2.45) is 0 Å². The van der Waals surface area contributed by atoms with Gasteiger partial charge in [-0.15, -0.1) is 0 Å². The molecule has 0 aliphatic carbocycles. The zero-order valence-electron chi connectivity index (χ0n) is 16.4. The van der Waals surface area contributed by atoms with Crippen molar-refractivity contribution in [1.82, 2.24) is 15.5 Å². The molecule has 2 aromatic carbocycles. The minimum Gasteiger partial charge on any atom is -0.496 e. The van der Waals surface area contributed by atoms with Crippen LogP contribution in [0.2, 0.25) is 0 Å². The van der Waals surface area contributed by atoms with Crippen molar-refractivity contribution in [3.05, 3.63) is 65.7 Å². The van der Waals surface area contributed by atoms with Crippen LogP contribution in [0.4, 0.5) is 4.79 Å². The number of piperidine rings is 1. The third-order valence-electron chi connectivity index (χ3n) is 5.55. The molecule has 2 aromatic rings. The zero-order valence-corrected chi connectivity index (χ0v) is 16.4. The highest BCUT2D eigenvalue weighted by Crippen LogP contribution is 2.35. The van der Waals surface area contributed by atoms with Crippen LogP contribution in [-0.4, -0.2) is 50.6 Å². The van der Waals surface area contributed by atoms with E-state index in [0.717, 1.165) is 12.8 Å². The Balaban J connectivity index is 1.78. The second-order valence-electron chi connectivity index (χ2n) is 7.07. The van der Waals surface area contributed by atoms with Crippen LogP contribution in [0.25, 0.3) is 0 Å². The molecule has 6 heteroatoms. The van der Waals surface area contributed by atoms with E-state index >= 15 is 0 Å². The van der Waals surface area contributed by atoms with E-state index in [1.165, 1.54) is 5.56 Å². The van der Waals surface area contributed by atoms with Crippen molar-refractivity contribution < 1.29 is 14.3 Å². The van der Waals surface area contributed by atoms with Crippen molar-refractivity contribution in [2.45, 2.75) is 18.3 Å². The van der Waals surface area contributed by atoms with E-state index in [0.29, 0.717) is 30.9 Å². The molecule has 0 saturated carbocycles. The van der Waals surface area contributed by atoms with Crippen LogP contribution in [0, 0.1) is 0 Å². The van der Waals surface area contributed by atoms with E-state index in [9.17, 15) is 9.59 Å². The Morgan fingerprint density at radius 1 is 1.04 bits per heavy atom. The van der Waals surface area contributed by atoms with Crippen LogP contribution in [0.3, 0.4) is 0 Å². The number of rotatable bonds is 5. The number of ether oxygens (including phenoxy) is 1. The number of carbonyl (C=O) groups is 2. The van der Waals surface area contributed by atoms with Crippen molar-refractivity contribution in [2.75, 3.05) is 33.8 Å². The maximum absolute atomic E-state index is 12.8. The summed E-state index contributed by atoms with van der Waals surface area (Å²) in [6.45, 7) is 1.81. The minimum absolute atomic E-state index is 0.0558. The second-order valence-corrected chi connectivity index (χ2v) is 7.07. The molecule has 3 amide bonds. The average molecular weight is 381 g/mol. The third kappa shape index (κ3) is 4.11. The van der Waals surface area contributed by atoms with Crippen LogP contribution in [0.1, 0.15) is 28.8 Å². The first-order valence-corrected chi connectivity index (χ1v) is 9.53. The molecule has 0 bridgehead atoms. The summed E-state index contributed by atoms with van der Waals surface area (Å²) in [7, 11) is 3.21. The van der Waals surface area contributed by atoms with E-state index in [4.69, 9.17) is 4.74 Å². The Bertz CT molecular complexity index is 815. The van der Waals surface area contributed by atoms with E-state index in [1.54, 1.807) is 26.3 Å². The van der Waals surface area contributed by atoms with Gasteiger partial charge in [-0.25, -0.2) is 4.79 Å². The Labute approximate surface area is 165 Å². The van der Waals surface area contributed by atoms with Gasteiger partial charge < -0.3 is 20.3 Å². The van der Waals surface area contributed by atoms with Gasteiger partial charge in [-0.2, -0.15) is 0 Å². The Morgan fingerprint density at radius 3 is 2.32 bits per heavy atom. The molecule has 28 heavy (non-hydrogen) atoms. The first-order chi connectivity index (χ1) is 13.6. The standard InChI is InChI=1S/C22H27N3O3/c1-23-21(27)25-14-12-22(13-15-25,17-8-4-3-5-9-17)16-24-20(26)18-10-6-7-11-19(18)28-2/h3-11H,12-16H2,1-2H3,(H,23,27)(H,24,26). The Hall–Kier alpha value is -3.02. The molecule has 148 valence electrons. The molecule has 1 aliphatic heterocycles. The zero-order chi connectivity index (χ0) is 20.0. The summed E-state index contributed by atoms with van der Waals surface area (Å²) in [6, 6.07) is 17.4. The van der Waals surface area contributed by atoms with Crippen LogP contribution in [-0.2, 0) is 5.41 Å². The normalized spacial score (nSPS) is 15.6. The monoisotopic (exact) mass is 381 g/mol. The summed E-state index contributed by atoms with van der Waals surface area (Å²) in [5, 5.41) is 5.79. The number of hydrogen-bond donors (Lipinski definition) is 2. The molecule has 1 saturated heterocycles. The molecule has 1 heterocycles. The molecule has 0 atom stereocenters. The number of likely N-dealkylation sites (tertiary alicyclic amines) is 1. The van der Waals surface area contributed by atoms with Crippen molar-refractivity contribution >= 4 is 11.9 Å². The number of urea groups is 1. The highest BCUT2D eigenvalue weighted by Gasteiger charge is 2.37. The molecule has 0 unspecified atom stereocenters. The van der Waals surface area contributed by atoms with Gasteiger partial charge in [0.2, 0.25) is 0 Å². The lowest BCUT2D eigenvalue weighted by Gasteiger charge is -2.42. The lowest BCUT2D eigenvalue weighted by Crippen LogP contribution is -2.52. The van der Waals surface area contributed by atoms with E-state index in [1.807, 2.05) is 35.2 Å². The van der Waals surface area contributed by atoms with Gasteiger partial charge in [0.05, 0.1) is 12.7 Å². The number of nitrogens with zero attached hydrogens (tertiary/aromatic N) is 1. The van der Waals surface area contributed by atoms with E-state index in [2.05, 4.69) is 22.8 Å². The Kier molecular flexibility index (Phi) is 6.19. The van der Waals surface area contributed by atoms with Gasteiger partial charge in [0.15, 0.2) is 0 Å². The smallest absolute Gasteiger partial charge is 0.317 e. The lowest BCUT2D eigenvalue weighted by atomic mass is 9.72. The van der Waals surface area contributed by atoms with Crippen LogP contribution in [0.5, 0.6) is 5.75 Å². The maximum Gasteiger partial charge on any atom is 0.317 e. The average Bonchev–Trinajstić information content (AvgIpc) is 2.77. The molecular weight excluding hydrogens is 354 g/mol. The molecule has 1 aliphatic rings. The van der Waals surface area contributed by atoms with Crippen LogP contribution >= 0.6 is 0 Å². The van der Waals surface area contributed by atoms with E-state index in [-0.39, 0.29) is 17.4 Å². The van der Waals surface area contributed by atoms with Crippen molar-refractivity contribution in [3.63, 3.8) is 0 Å². The summed E-state index contributed by atoms with van der Waals surface area (Å²) in [5.74, 6) is 0.407. The minimum atomic E-state index is -0.205. The summed E-state index contributed by atoms with van der Waals surface area (Å²) < 4.78 is 5.31. The maximum atomic E-state index is 12.8. The van der Waals surface area contributed by atoms with Crippen molar-refractivity contribution in [3.8, 4) is 5.75 Å². The van der Waals surface area contributed by atoms with Gasteiger partial charge in [-0.1, -0.05) is 42.5 Å². The highest BCUT2D eigenvalue weighted by atomic mass is 16.5. The lowest BCUT2D eigenvalue weighted by molar-refractivity contribution is 0.0923. The SMILES string of the molecule is CNC(=O)N1CCC(CNC(=O)c2ccccc2OC)(c2ccccc2)CC1. The quantitative estimate of drug-likeness (QED) is 0.837. The predicted molar refractivity (Wildman–Crippen MR) is 109 cm³/mol. The molecule has 3 rings (SSSR count). The number of para-hydroxylation sites is 1. The molecule has 1 fully saturated rings. The molecular formula is C22H27N3O3. The van der Waals surface area contributed by atoms with Gasteiger partial charge in [-0.05, 0) is 30.5 Å². The first kappa shape index (κ1) is 19.7. The van der Waals surface area contributed by atoms with E-state index < -0.39 is 0 Å². The Morgan fingerprint density at radius 2 is 1.68 bits per heavy atom. The number of benzene rings is 2. The van der Waals surface area contributed by atoms with Crippen LogP contribution < -0.4 is 15.4 Å². The van der Waals surface area contributed by atoms with Gasteiger partial charge in [0.1, 0.15) is 5.75 Å². The predicted octanol–water partition coefficient (Wildman–Crippen LogP) is 2.80. The van der Waals surface area contributed by atoms with Gasteiger partial charge in [-0.3, -0.25) is 4.79 Å². The molecule has 2 N–H and O–H groups in total. The van der Waals surface area contributed by atoms with Gasteiger partial charge in [0.25, 0.3) is 5.91 Å². The molecule has 6 nitrogen and oxygen atoms in total. The molecule has 0 spiro atoms. The van der Waals surface area contributed by atoms with Crippen LogP contribution in [0.15, 0.2) is 54.6 Å². The number of nitrogens with one attached hydrogen (secondary N) is 2. The fraction of sp³-hybridized carbons (Fsp3) is 0.364. The number of amides is 3. The van der Waals surface area contributed by atoms with Gasteiger partial charge >= 0.3 is 6.03 Å². The largest absolute Gasteiger partial charge is 0.496 e. The fourth-order valence-electron chi connectivity index (χ4n) is 3.83. The number of hydrogen-bond acceptors (Lipinski definition) is 3. The summed E-state index contributed by atoms with van der Waals surface area (Å²) in [6.07, 6.45) is 1.58. The number of methoxy groups -OCH3 is 1. The third-order valence-corrected chi connectivity index (χ3v) is 5.55. The summed E-state index contributed by atoms with van der Waals surface area (Å²) in [5.41, 5.74) is 1.51. The number of carbonyl (C=O) groups excluding carboxylic acids is 2. The first-order valence-electron chi connectivity index (χ1n) is 9.53. The highest BCUT2D eigenvalue weighted by molar-refractivity contribution is 5.97.